The first-order chi connectivity index (χ1) is 13.7. The highest BCUT2D eigenvalue weighted by molar-refractivity contribution is 5.84. The van der Waals surface area contributed by atoms with E-state index in [1.165, 1.54) is 0 Å². The van der Waals surface area contributed by atoms with Crippen molar-refractivity contribution in [1.29, 1.82) is 0 Å². The van der Waals surface area contributed by atoms with E-state index < -0.39 is 5.60 Å². The highest BCUT2D eigenvalue weighted by atomic mass is 16.3. The number of imidazole rings is 1. The number of nitrogens with zero attached hydrogens (tertiary/aromatic N) is 4. The Kier molecular flexibility index (Phi) is 5.93. The summed E-state index contributed by atoms with van der Waals surface area (Å²) in [5.41, 5.74) is 9.74. The maximum Gasteiger partial charge on any atom is 0.226 e. The van der Waals surface area contributed by atoms with Crippen LogP contribution in [-0.4, -0.2) is 36.3 Å². The van der Waals surface area contributed by atoms with Crippen molar-refractivity contribution in [2.75, 3.05) is 16.4 Å². The van der Waals surface area contributed by atoms with Crippen molar-refractivity contribution in [2.45, 2.75) is 65.8 Å². The molecule has 3 aromatic rings. The third kappa shape index (κ3) is 5.14. The summed E-state index contributed by atoms with van der Waals surface area (Å²) >= 11 is 0. The molecular weight excluding hydrogens is 366 g/mol. The third-order valence-corrected chi connectivity index (χ3v) is 4.73. The van der Waals surface area contributed by atoms with Crippen LogP contribution in [0.25, 0.3) is 11.2 Å². The number of aromatic nitrogens is 4. The highest BCUT2D eigenvalue weighted by Gasteiger charge is 2.19. The Morgan fingerprint density at radius 2 is 2.03 bits per heavy atom. The molecule has 0 saturated carbocycles. The molecule has 0 bridgehead atoms. The van der Waals surface area contributed by atoms with Crippen molar-refractivity contribution in [2.24, 2.45) is 0 Å². The normalized spacial score (nSPS) is 12.9. The van der Waals surface area contributed by atoms with E-state index in [2.05, 4.69) is 25.6 Å². The van der Waals surface area contributed by atoms with Gasteiger partial charge in [0, 0.05) is 24.8 Å². The number of benzene rings is 1. The summed E-state index contributed by atoms with van der Waals surface area (Å²) in [6.45, 7) is 11.0. The monoisotopic (exact) mass is 397 g/mol. The Morgan fingerprint density at radius 1 is 1.28 bits per heavy atom. The van der Waals surface area contributed by atoms with Gasteiger partial charge in [-0.15, -0.1) is 0 Å². The summed E-state index contributed by atoms with van der Waals surface area (Å²) in [6, 6.07) is 6.03. The van der Waals surface area contributed by atoms with Crippen LogP contribution in [0.1, 0.15) is 45.2 Å². The molecule has 0 fully saturated rings. The lowest BCUT2D eigenvalue weighted by Crippen LogP contribution is -2.29. The van der Waals surface area contributed by atoms with Gasteiger partial charge in [-0.05, 0) is 58.2 Å². The summed E-state index contributed by atoms with van der Waals surface area (Å²) in [5.74, 6) is 1.16. The Labute approximate surface area is 171 Å². The molecule has 0 aliphatic carbocycles. The quantitative estimate of drug-likeness (QED) is 0.431. The predicted molar refractivity (Wildman–Crippen MR) is 118 cm³/mol. The SMILES string of the molecule is CCn1cnc2c(NCc3ccc(C)cc3N)nc(NC(C)CC(C)(C)O)nc21. The van der Waals surface area contributed by atoms with Crippen molar-refractivity contribution < 1.29 is 5.11 Å². The zero-order valence-corrected chi connectivity index (χ0v) is 17.8. The van der Waals surface area contributed by atoms with Crippen LogP contribution in [0, 0.1) is 6.92 Å². The molecule has 1 unspecified atom stereocenters. The average molecular weight is 398 g/mol. The van der Waals surface area contributed by atoms with Gasteiger partial charge in [-0.1, -0.05) is 12.1 Å². The van der Waals surface area contributed by atoms with Gasteiger partial charge in [-0.3, -0.25) is 0 Å². The molecule has 8 nitrogen and oxygen atoms in total. The molecule has 0 spiro atoms. The minimum Gasteiger partial charge on any atom is -0.398 e. The van der Waals surface area contributed by atoms with Crippen LogP contribution < -0.4 is 16.4 Å². The molecule has 0 aliphatic heterocycles. The fourth-order valence-electron chi connectivity index (χ4n) is 3.44. The van der Waals surface area contributed by atoms with Crippen molar-refractivity contribution in [3.8, 4) is 0 Å². The zero-order chi connectivity index (χ0) is 21.2. The third-order valence-electron chi connectivity index (χ3n) is 4.73. The zero-order valence-electron chi connectivity index (χ0n) is 17.8. The molecule has 5 N–H and O–H groups in total. The second kappa shape index (κ2) is 8.24. The molecular formula is C21H31N7O. The van der Waals surface area contributed by atoms with E-state index in [0.717, 1.165) is 34.5 Å². The molecule has 0 aliphatic rings. The summed E-state index contributed by atoms with van der Waals surface area (Å²) < 4.78 is 1.98. The van der Waals surface area contributed by atoms with Crippen molar-refractivity contribution in [3.05, 3.63) is 35.7 Å². The number of aryl methyl sites for hydroxylation is 2. The van der Waals surface area contributed by atoms with E-state index in [-0.39, 0.29) is 6.04 Å². The second-order valence-electron chi connectivity index (χ2n) is 8.22. The van der Waals surface area contributed by atoms with Crippen molar-refractivity contribution in [1.82, 2.24) is 19.5 Å². The van der Waals surface area contributed by atoms with Gasteiger partial charge < -0.3 is 26.0 Å². The number of hydrogen-bond donors (Lipinski definition) is 4. The fraction of sp³-hybridized carbons (Fsp3) is 0.476. The maximum atomic E-state index is 10.1. The van der Waals surface area contributed by atoms with Gasteiger partial charge in [0.05, 0.1) is 11.9 Å². The summed E-state index contributed by atoms with van der Waals surface area (Å²) in [4.78, 5) is 13.8. The Morgan fingerprint density at radius 3 is 2.69 bits per heavy atom. The molecule has 1 atom stereocenters. The van der Waals surface area contributed by atoms with Crippen molar-refractivity contribution in [3.63, 3.8) is 0 Å². The van der Waals surface area contributed by atoms with Gasteiger partial charge >= 0.3 is 0 Å². The van der Waals surface area contributed by atoms with Crippen molar-refractivity contribution >= 4 is 28.6 Å². The first-order valence-electron chi connectivity index (χ1n) is 9.97. The van der Waals surface area contributed by atoms with E-state index in [0.29, 0.717) is 24.7 Å². The molecule has 0 saturated heterocycles. The molecule has 3 rings (SSSR count). The van der Waals surface area contributed by atoms with Crippen LogP contribution in [0.2, 0.25) is 0 Å². The van der Waals surface area contributed by atoms with Crippen LogP contribution in [0.4, 0.5) is 17.5 Å². The van der Waals surface area contributed by atoms with Crippen LogP contribution >= 0.6 is 0 Å². The second-order valence-corrected chi connectivity index (χ2v) is 8.22. The molecule has 0 amide bonds. The topological polar surface area (TPSA) is 114 Å². The Hall–Kier alpha value is -2.87. The number of fused-ring (bicyclic) bond motifs is 1. The number of nitrogens with two attached hydrogens (primary N) is 1. The first-order valence-corrected chi connectivity index (χ1v) is 9.97. The van der Waals surface area contributed by atoms with Crippen LogP contribution in [0.5, 0.6) is 0 Å². The average Bonchev–Trinajstić information content (AvgIpc) is 3.02. The van der Waals surface area contributed by atoms with E-state index in [1.54, 1.807) is 20.2 Å². The summed E-state index contributed by atoms with van der Waals surface area (Å²) in [6.07, 6.45) is 2.35. The summed E-state index contributed by atoms with van der Waals surface area (Å²) in [7, 11) is 0. The van der Waals surface area contributed by atoms with E-state index in [4.69, 9.17) is 5.73 Å². The lowest BCUT2D eigenvalue weighted by Gasteiger charge is -2.23. The molecule has 2 heterocycles. The molecule has 0 radical (unpaired) electrons. The predicted octanol–water partition coefficient (Wildman–Crippen LogP) is 3.31. The number of aliphatic hydroxyl groups is 1. The number of nitrogen functional groups attached to an aromatic ring is 1. The lowest BCUT2D eigenvalue weighted by molar-refractivity contribution is 0.0672. The Bertz CT molecular complexity index is 991. The van der Waals surface area contributed by atoms with Gasteiger partial charge in [0.15, 0.2) is 17.0 Å². The first kappa shape index (κ1) is 20.9. The van der Waals surface area contributed by atoms with Gasteiger partial charge in [0.1, 0.15) is 0 Å². The van der Waals surface area contributed by atoms with Gasteiger partial charge in [-0.25, -0.2) is 4.98 Å². The van der Waals surface area contributed by atoms with Crippen LogP contribution in [-0.2, 0) is 13.1 Å². The number of nitrogens with one attached hydrogen (secondary N) is 2. The molecule has 1 aromatic carbocycles. The standard InChI is InChI=1S/C21H31N7O/c1-6-28-12-24-17-18(23-11-15-8-7-13(2)9-16(15)22)26-20(27-19(17)28)25-14(3)10-21(4,5)29/h7-9,12,14,29H,6,10-11,22H2,1-5H3,(H2,23,25,26,27). The number of hydrogen-bond acceptors (Lipinski definition) is 7. The maximum absolute atomic E-state index is 10.1. The van der Waals surface area contributed by atoms with Gasteiger partial charge in [-0.2, -0.15) is 9.97 Å². The number of rotatable bonds is 8. The minimum atomic E-state index is -0.772. The molecule has 156 valence electrons. The largest absolute Gasteiger partial charge is 0.398 e. The lowest BCUT2D eigenvalue weighted by atomic mass is 10.0. The molecule has 2 aromatic heterocycles. The van der Waals surface area contributed by atoms with Crippen LogP contribution in [0.3, 0.4) is 0 Å². The van der Waals surface area contributed by atoms with E-state index in [1.807, 2.05) is 43.5 Å². The molecule has 29 heavy (non-hydrogen) atoms. The molecule has 8 heteroatoms. The fourth-order valence-corrected chi connectivity index (χ4v) is 3.44. The highest BCUT2D eigenvalue weighted by Crippen LogP contribution is 2.24. The van der Waals surface area contributed by atoms with E-state index in [9.17, 15) is 5.11 Å². The number of anilines is 3. The smallest absolute Gasteiger partial charge is 0.226 e. The van der Waals surface area contributed by atoms with Gasteiger partial charge in [0.2, 0.25) is 5.95 Å². The van der Waals surface area contributed by atoms with E-state index >= 15 is 0 Å². The Balaban J connectivity index is 1.89. The van der Waals surface area contributed by atoms with Gasteiger partial charge in [0.25, 0.3) is 0 Å². The van der Waals surface area contributed by atoms with Crippen LogP contribution in [0.15, 0.2) is 24.5 Å². The summed E-state index contributed by atoms with van der Waals surface area (Å²) in [5, 5.41) is 16.7. The minimum absolute atomic E-state index is 0.00559.